The summed E-state index contributed by atoms with van der Waals surface area (Å²) < 4.78 is 1.01. The topological polar surface area (TPSA) is 40.5 Å². The zero-order chi connectivity index (χ0) is 15.5. The predicted molar refractivity (Wildman–Crippen MR) is 92.2 cm³/mol. The summed E-state index contributed by atoms with van der Waals surface area (Å²) in [6, 6.07) is 20.7. The summed E-state index contributed by atoms with van der Waals surface area (Å²) in [6.45, 7) is 0. The Morgan fingerprint density at radius 3 is 2.14 bits per heavy atom. The second kappa shape index (κ2) is 6.24. The minimum absolute atomic E-state index is 0.240. The van der Waals surface area contributed by atoms with E-state index in [1.54, 1.807) is 18.2 Å². The molecule has 0 aliphatic heterocycles. The molecule has 3 heteroatoms. The molecule has 0 unspecified atom stereocenters. The summed E-state index contributed by atoms with van der Waals surface area (Å²) in [5.74, 6) is 0.483. The second-order valence-corrected chi connectivity index (χ2v) is 6.03. The minimum atomic E-state index is 0.240. The van der Waals surface area contributed by atoms with E-state index in [0.29, 0.717) is 6.42 Å². The lowest BCUT2D eigenvalue weighted by molar-refractivity contribution is 0.463. The van der Waals surface area contributed by atoms with Gasteiger partial charge in [-0.25, -0.2) is 0 Å². The molecular weight excluding hydrogens is 340 g/mol. The van der Waals surface area contributed by atoms with E-state index in [1.807, 2.05) is 48.5 Å². The predicted octanol–water partition coefficient (Wildman–Crippen LogP) is 5.12. The number of aromatic hydroxyl groups is 2. The van der Waals surface area contributed by atoms with Crippen LogP contribution in [0.4, 0.5) is 0 Å². The van der Waals surface area contributed by atoms with Gasteiger partial charge < -0.3 is 10.2 Å². The van der Waals surface area contributed by atoms with E-state index in [-0.39, 0.29) is 11.5 Å². The lowest BCUT2D eigenvalue weighted by Crippen LogP contribution is -1.94. The first-order valence-electron chi connectivity index (χ1n) is 6.99. The van der Waals surface area contributed by atoms with Gasteiger partial charge in [0.15, 0.2) is 0 Å². The van der Waals surface area contributed by atoms with Gasteiger partial charge in [0.2, 0.25) is 0 Å². The van der Waals surface area contributed by atoms with Crippen molar-refractivity contribution in [3.63, 3.8) is 0 Å². The van der Waals surface area contributed by atoms with Crippen molar-refractivity contribution in [1.29, 1.82) is 0 Å². The molecule has 0 fully saturated rings. The molecule has 2 N–H and O–H groups in total. The first-order valence-corrected chi connectivity index (χ1v) is 7.78. The van der Waals surface area contributed by atoms with E-state index in [2.05, 4.69) is 15.9 Å². The van der Waals surface area contributed by atoms with E-state index in [0.717, 1.165) is 26.7 Å². The molecule has 0 atom stereocenters. The molecule has 22 heavy (non-hydrogen) atoms. The summed E-state index contributed by atoms with van der Waals surface area (Å²) in [4.78, 5) is 0. The van der Waals surface area contributed by atoms with Gasteiger partial charge in [-0.3, -0.25) is 0 Å². The van der Waals surface area contributed by atoms with Crippen LogP contribution in [0.3, 0.4) is 0 Å². The van der Waals surface area contributed by atoms with Crippen LogP contribution in [0.15, 0.2) is 71.2 Å². The van der Waals surface area contributed by atoms with Gasteiger partial charge in [-0.05, 0) is 41.0 Å². The number of hydrogen-bond donors (Lipinski definition) is 2. The SMILES string of the molecule is Oc1ccccc1Cc1c(O)cccc1-c1ccc(Br)cc1. The maximum atomic E-state index is 10.3. The smallest absolute Gasteiger partial charge is 0.119 e. The Morgan fingerprint density at radius 1 is 0.727 bits per heavy atom. The van der Waals surface area contributed by atoms with Crippen molar-refractivity contribution in [3.8, 4) is 22.6 Å². The average molecular weight is 355 g/mol. The highest BCUT2D eigenvalue weighted by Gasteiger charge is 2.12. The number of hydrogen-bond acceptors (Lipinski definition) is 2. The summed E-state index contributed by atoms with van der Waals surface area (Å²) in [5, 5.41) is 20.2. The molecule has 0 bridgehead atoms. The Balaban J connectivity index is 2.07. The number of rotatable bonds is 3. The van der Waals surface area contributed by atoms with Gasteiger partial charge in [0.25, 0.3) is 0 Å². The van der Waals surface area contributed by atoms with E-state index in [9.17, 15) is 10.2 Å². The zero-order valence-electron chi connectivity index (χ0n) is 11.8. The van der Waals surface area contributed by atoms with E-state index in [1.165, 1.54) is 0 Å². The Morgan fingerprint density at radius 2 is 1.41 bits per heavy atom. The highest BCUT2D eigenvalue weighted by atomic mass is 79.9. The van der Waals surface area contributed by atoms with Gasteiger partial charge in [0, 0.05) is 16.5 Å². The van der Waals surface area contributed by atoms with E-state index >= 15 is 0 Å². The Labute approximate surface area is 137 Å². The maximum Gasteiger partial charge on any atom is 0.119 e. The standard InChI is InChI=1S/C19H15BrO2/c20-15-10-8-13(9-11-15)16-5-3-7-19(22)17(16)12-14-4-1-2-6-18(14)21/h1-11,21-22H,12H2. The number of halogens is 1. The summed E-state index contributed by atoms with van der Waals surface area (Å²) in [7, 11) is 0. The van der Waals surface area contributed by atoms with E-state index in [4.69, 9.17) is 0 Å². The monoisotopic (exact) mass is 354 g/mol. The molecule has 3 rings (SSSR count). The van der Waals surface area contributed by atoms with Crippen LogP contribution >= 0.6 is 15.9 Å². The summed E-state index contributed by atoms with van der Waals surface area (Å²) in [5.41, 5.74) is 3.61. The largest absolute Gasteiger partial charge is 0.508 e. The molecule has 3 aromatic carbocycles. The molecule has 0 aliphatic carbocycles. The average Bonchev–Trinajstić information content (AvgIpc) is 2.52. The molecule has 110 valence electrons. The molecule has 0 spiro atoms. The van der Waals surface area contributed by atoms with E-state index < -0.39 is 0 Å². The number of benzene rings is 3. The van der Waals surface area contributed by atoms with Crippen LogP contribution in [0.1, 0.15) is 11.1 Å². The fraction of sp³-hybridized carbons (Fsp3) is 0.0526. The first-order chi connectivity index (χ1) is 10.6. The Kier molecular flexibility index (Phi) is 4.16. The third-order valence-corrected chi connectivity index (χ3v) is 4.19. The van der Waals surface area contributed by atoms with Gasteiger partial charge in [-0.1, -0.05) is 58.4 Å². The number of phenols is 2. The molecule has 0 heterocycles. The van der Waals surface area contributed by atoms with Crippen molar-refractivity contribution in [2.75, 3.05) is 0 Å². The molecule has 2 nitrogen and oxygen atoms in total. The fourth-order valence-electron chi connectivity index (χ4n) is 2.51. The third-order valence-electron chi connectivity index (χ3n) is 3.67. The van der Waals surface area contributed by atoms with Crippen molar-refractivity contribution in [1.82, 2.24) is 0 Å². The van der Waals surface area contributed by atoms with Crippen LogP contribution in [-0.2, 0) is 6.42 Å². The molecule has 0 aromatic heterocycles. The van der Waals surface area contributed by atoms with Crippen molar-refractivity contribution in [2.24, 2.45) is 0 Å². The van der Waals surface area contributed by atoms with Gasteiger partial charge in [0.05, 0.1) is 0 Å². The van der Waals surface area contributed by atoms with Crippen LogP contribution < -0.4 is 0 Å². The van der Waals surface area contributed by atoms with Crippen LogP contribution in [0.2, 0.25) is 0 Å². The molecule has 0 amide bonds. The van der Waals surface area contributed by atoms with Crippen LogP contribution in [-0.4, -0.2) is 10.2 Å². The van der Waals surface area contributed by atoms with Crippen molar-refractivity contribution < 1.29 is 10.2 Å². The summed E-state index contributed by atoms with van der Waals surface area (Å²) in [6.07, 6.45) is 0.477. The van der Waals surface area contributed by atoms with Crippen molar-refractivity contribution >= 4 is 15.9 Å². The van der Waals surface area contributed by atoms with Gasteiger partial charge in [0.1, 0.15) is 11.5 Å². The van der Waals surface area contributed by atoms with Gasteiger partial charge >= 0.3 is 0 Å². The quantitative estimate of drug-likeness (QED) is 0.685. The third kappa shape index (κ3) is 3.00. The Hall–Kier alpha value is -2.26. The normalized spacial score (nSPS) is 10.6. The van der Waals surface area contributed by atoms with Gasteiger partial charge in [-0.15, -0.1) is 0 Å². The number of phenolic OH excluding ortho intramolecular Hbond substituents is 2. The lowest BCUT2D eigenvalue weighted by atomic mass is 9.94. The molecular formula is C19H15BrO2. The van der Waals surface area contributed by atoms with Crippen LogP contribution in [0, 0.1) is 0 Å². The molecule has 0 radical (unpaired) electrons. The minimum Gasteiger partial charge on any atom is -0.508 e. The second-order valence-electron chi connectivity index (χ2n) is 5.12. The fourth-order valence-corrected chi connectivity index (χ4v) is 2.78. The summed E-state index contributed by atoms with van der Waals surface area (Å²) >= 11 is 3.43. The number of para-hydroxylation sites is 1. The highest BCUT2D eigenvalue weighted by molar-refractivity contribution is 9.10. The van der Waals surface area contributed by atoms with Crippen molar-refractivity contribution in [3.05, 3.63) is 82.3 Å². The van der Waals surface area contributed by atoms with Crippen LogP contribution in [0.5, 0.6) is 11.5 Å². The lowest BCUT2D eigenvalue weighted by Gasteiger charge is -2.13. The molecule has 3 aromatic rings. The maximum absolute atomic E-state index is 10.3. The highest BCUT2D eigenvalue weighted by Crippen LogP contribution is 2.34. The molecule has 0 saturated carbocycles. The van der Waals surface area contributed by atoms with Crippen LogP contribution in [0.25, 0.3) is 11.1 Å². The van der Waals surface area contributed by atoms with Gasteiger partial charge in [-0.2, -0.15) is 0 Å². The molecule has 0 aliphatic rings. The first kappa shape index (κ1) is 14.7. The zero-order valence-corrected chi connectivity index (χ0v) is 13.4. The molecule has 0 saturated heterocycles. The van der Waals surface area contributed by atoms with Crippen molar-refractivity contribution in [2.45, 2.75) is 6.42 Å². The Bertz CT molecular complexity index is 795.